The number of benzene rings is 1. The fourth-order valence-corrected chi connectivity index (χ4v) is 4.63. The number of aryl methyl sites for hydroxylation is 2. The van der Waals surface area contributed by atoms with Crippen LogP contribution in [0.5, 0.6) is 0 Å². The minimum atomic E-state index is 0.101. The Hall–Kier alpha value is -3.87. The Labute approximate surface area is 198 Å². The van der Waals surface area contributed by atoms with Crippen molar-refractivity contribution in [1.82, 2.24) is 25.0 Å². The van der Waals surface area contributed by atoms with Gasteiger partial charge in [-0.25, -0.2) is 9.97 Å². The molecule has 5 rings (SSSR count). The minimum Gasteiger partial charge on any atom is -0.361 e. The zero-order valence-corrected chi connectivity index (χ0v) is 19.4. The van der Waals surface area contributed by atoms with Gasteiger partial charge in [0.05, 0.1) is 17.8 Å². The number of piperidine rings is 1. The third kappa shape index (κ3) is 4.46. The van der Waals surface area contributed by atoms with Crippen molar-refractivity contribution in [2.24, 2.45) is 0 Å². The summed E-state index contributed by atoms with van der Waals surface area (Å²) in [5.74, 6) is 1.62. The lowest BCUT2D eigenvalue weighted by Gasteiger charge is -2.33. The molecular formula is C27H27N5O2. The van der Waals surface area contributed by atoms with E-state index in [0.717, 1.165) is 53.0 Å². The highest BCUT2D eigenvalue weighted by Gasteiger charge is 2.29. The average molecular weight is 454 g/mol. The van der Waals surface area contributed by atoms with Gasteiger partial charge < -0.3 is 9.42 Å². The normalized spacial score (nSPS) is 15.9. The van der Waals surface area contributed by atoms with E-state index in [2.05, 4.69) is 27.3 Å². The van der Waals surface area contributed by atoms with Crippen LogP contribution >= 0.6 is 0 Å². The van der Waals surface area contributed by atoms with Crippen molar-refractivity contribution in [2.45, 2.75) is 39.0 Å². The Morgan fingerprint density at radius 2 is 1.88 bits per heavy atom. The van der Waals surface area contributed by atoms with Crippen molar-refractivity contribution >= 4 is 5.91 Å². The largest absolute Gasteiger partial charge is 0.361 e. The molecule has 172 valence electrons. The summed E-state index contributed by atoms with van der Waals surface area (Å²) in [5.41, 5.74) is 5.69. The molecule has 1 amide bonds. The molecule has 4 heterocycles. The van der Waals surface area contributed by atoms with Gasteiger partial charge in [0.2, 0.25) is 5.91 Å². The summed E-state index contributed by atoms with van der Waals surface area (Å²) >= 11 is 0. The predicted molar refractivity (Wildman–Crippen MR) is 129 cm³/mol. The number of pyridine rings is 1. The van der Waals surface area contributed by atoms with Crippen LogP contribution in [-0.2, 0) is 11.2 Å². The molecule has 0 N–H and O–H groups in total. The lowest BCUT2D eigenvalue weighted by molar-refractivity contribution is -0.131. The summed E-state index contributed by atoms with van der Waals surface area (Å²) in [6.45, 7) is 5.12. The molecule has 1 fully saturated rings. The molecule has 4 aromatic rings. The first-order valence-electron chi connectivity index (χ1n) is 11.6. The molecule has 0 radical (unpaired) electrons. The number of nitrogens with zero attached hydrogens (tertiary/aromatic N) is 5. The van der Waals surface area contributed by atoms with Crippen molar-refractivity contribution in [3.8, 4) is 22.5 Å². The first-order chi connectivity index (χ1) is 16.6. The second-order valence-corrected chi connectivity index (χ2v) is 8.75. The molecule has 1 aromatic carbocycles. The first-order valence-corrected chi connectivity index (χ1v) is 11.6. The van der Waals surface area contributed by atoms with Gasteiger partial charge in [0.15, 0.2) is 5.82 Å². The van der Waals surface area contributed by atoms with Crippen LogP contribution in [0.25, 0.3) is 22.5 Å². The Morgan fingerprint density at radius 1 is 1.09 bits per heavy atom. The van der Waals surface area contributed by atoms with Gasteiger partial charge in [0.25, 0.3) is 0 Å². The molecule has 0 saturated carbocycles. The lowest BCUT2D eigenvalue weighted by Crippen LogP contribution is -2.40. The number of hydrogen-bond acceptors (Lipinski definition) is 6. The van der Waals surface area contributed by atoms with Gasteiger partial charge in [-0.1, -0.05) is 35.5 Å². The van der Waals surface area contributed by atoms with Crippen molar-refractivity contribution in [3.05, 3.63) is 83.8 Å². The Bertz CT molecular complexity index is 1270. The Morgan fingerprint density at radius 3 is 2.62 bits per heavy atom. The maximum absolute atomic E-state index is 13.2. The van der Waals surface area contributed by atoms with E-state index in [1.807, 2.05) is 55.3 Å². The van der Waals surface area contributed by atoms with E-state index in [1.54, 1.807) is 12.4 Å². The second kappa shape index (κ2) is 9.55. The van der Waals surface area contributed by atoms with E-state index >= 15 is 0 Å². The van der Waals surface area contributed by atoms with E-state index in [1.165, 1.54) is 0 Å². The molecule has 1 unspecified atom stereocenters. The number of carbonyl (C=O) groups is 1. The number of amides is 1. The number of rotatable bonds is 5. The summed E-state index contributed by atoms with van der Waals surface area (Å²) in [6.07, 6.45) is 7.63. The molecule has 34 heavy (non-hydrogen) atoms. The molecule has 0 spiro atoms. The standard InChI is InChI=1S/C27H27N5O2/c1-18-23(19(2)34-31-18)15-25(33)32-14-6-9-22(17-32)26-24(20-7-4-3-5-8-20)16-29-27(30-26)21-10-12-28-13-11-21/h3-5,7-8,10-13,16,22H,6,9,14-15,17H2,1-2H3. The summed E-state index contributed by atoms with van der Waals surface area (Å²) in [6, 6.07) is 14.1. The summed E-state index contributed by atoms with van der Waals surface area (Å²) in [4.78, 5) is 29.0. The fourth-order valence-electron chi connectivity index (χ4n) is 4.63. The molecule has 7 heteroatoms. The maximum atomic E-state index is 13.2. The van der Waals surface area contributed by atoms with Crippen LogP contribution in [0.15, 0.2) is 65.6 Å². The van der Waals surface area contributed by atoms with Crippen LogP contribution in [0.1, 0.15) is 41.5 Å². The van der Waals surface area contributed by atoms with E-state index in [4.69, 9.17) is 9.51 Å². The van der Waals surface area contributed by atoms with E-state index in [9.17, 15) is 4.79 Å². The van der Waals surface area contributed by atoms with Gasteiger partial charge in [0, 0.05) is 54.3 Å². The second-order valence-electron chi connectivity index (χ2n) is 8.75. The molecular weight excluding hydrogens is 426 g/mol. The van der Waals surface area contributed by atoms with Crippen LogP contribution in [0, 0.1) is 13.8 Å². The molecule has 0 aliphatic carbocycles. The first kappa shape index (κ1) is 21.9. The fraction of sp³-hybridized carbons (Fsp3) is 0.296. The highest BCUT2D eigenvalue weighted by atomic mass is 16.5. The predicted octanol–water partition coefficient (Wildman–Crippen LogP) is 4.76. The van der Waals surface area contributed by atoms with E-state index in [-0.39, 0.29) is 11.8 Å². The van der Waals surface area contributed by atoms with E-state index in [0.29, 0.717) is 24.6 Å². The monoisotopic (exact) mass is 453 g/mol. The van der Waals surface area contributed by atoms with Gasteiger partial charge in [-0.05, 0) is 44.4 Å². The van der Waals surface area contributed by atoms with Crippen LogP contribution < -0.4 is 0 Å². The van der Waals surface area contributed by atoms with Crippen molar-refractivity contribution in [1.29, 1.82) is 0 Å². The lowest BCUT2D eigenvalue weighted by atomic mass is 9.89. The van der Waals surface area contributed by atoms with Crippen molar-refractivity contribution in [3.63, 3.8) is 0 Å². The molecule has 1 aliphatic heterocycles. The van der Waals surface area contributed by atoms with Crippen molar-refractivity contribution in [2.75, 3.05) is 13.1 Å². The molecule has 0 bridgehead atoms. The van der Waals surface area contributed by atoms with Gasteiger partial charge in [0.1, 0.15) is 5.76 Å². The number of aromatic nitrogens is 4. The SMILES string of the molecule is Cc1noc(C)c1CC(=O)N1CCCC(c2nc(-c3ccncc3)ncc2-c2ccccc2)C1. The molecule has 3 aromatic heterocycles. The summed E-state index contributed by atoms with van der Waals surface area (Å²) < 4.78 is 5.25. The van der Waals surface area contributed by atoms with Crippen LogP contribution in [0.3, 0.4) is 0 Å². The highest BCUT2D eigenvalue weighted by Crippen LogP contribution is 2.34. The topological polar surface area (TPSA) is 85.0 Å². The zero-order chi connectivity index (χ0) is 23.5. The molecule has 1 saturated heterocycles. The Kier molecular flexibility index (Phi) is 6.16. The van der Waals surface area contributed by atoms with E-state index < -0.39 is 0 Å². The quantitative estimate of drug-likeness (QED) is 0.433. The highest BCUT2D eigenvalue weighted by molar-refractivity contribution is 5.79. The van der Waals surface area contributed by atoms with Crippen LogP contribution in [0.4, 0.5) is 0 Å². The molecule has 7 nitrogen and oxygen atoms in total. The Balaban J connectivity index is 1.46. The zero-order valence-electron chi connectivity index (χ0n) is 19.4. The maximum Gasteiger partial charge on any atom is 0.227 e. The smallest absolute Gasteiger partial charge is 0.227 e. The molecule has 1 atom stereocenters. The van der Waals surface area contributed by atoms with Crippen molar-refractivity contribution < 1.29 is 9.32 Å². The summed E-state index contributed by atoms with van der Waals surface area (Å²) in [7, 11) is 0. The number of hydrogen-bond donors (Lipinski definition) is 0. The summed E-state index contributed by atoms with van der Waals surface area (Å²) in [5, 5.41) is 3.99. The third-order valence-corrected chi connectivity index (χ3v) is 6.51. The number of carbonyl (C=O) groups excluding carboxylic acids is 1. The van der Waals surface area contributed by atoms with Crippen LogP contribution in [-0.4, -0.2) is 44.0 Å². The third-order valence-electron chi connectivity index (χ3n) is 6.51. The minimum absolute atomic E-state index is 0.101. The molecule has 1 aliphatic rings. The average Bonchev–Trinajstić information content (AvgIpc) is 3.21. The van der Waals surface area contributed by atoms with Gasteiger partial charge >= 0.3 is 0 Å². The number of likely N-dealkylation sites (tertiary alicyclic amines) is 1. The van der Waals surface area contributed by atoms with Gasteiger partial charge in [-0.3, -0.25) is 9.78 Å². The van der Waals surface area contributed by atoms with Gasteiger partial charge in [-0.2, -0.15) is 0 Å². The van der Waals surface area contributed by atoms with Crippen LogP contribution in [0.2, 0.25) is 0 Å². The van der Waals surface area contributed by atoms with Gasteiger partial charge in [-0.15, -0.1) is 0 Å².